The predicted molar refractivity (Wildman–Crippen MR) is 80.4 cm³/mol. The fourth-order valence-electron chi connectivity index (χ4n) is 2.36. The smallest absolute Gasteiger partial charge is 0.293 e. The number of hydrogen-bond donors (Lipinski definition) is 1. The van der Waals surface area contributed by atoms with Crippen molar-refractivity contribution in [2.75, 3.05) is 45.1 Å². The number of amides is 1. The van der Waals surface area contributed by atoms with Crippen LogP contribution >= 0.6 is 0 Å². The van der Waals surface area contributed by atoms with Crippen LogP contribution in [0.15, 0.2) is 18.2 Å². The van der Waals surface area contributed by atoms with Crippen molar-refractivity contribution in [3.8, 4) is 0 Å². The van der Waals surface area contributed by atoms with Gasteiger partial charge in [0.25, 0.3) is 5.69 Å². The summed E-state index contributed by atoms with van der Waals surface area (Å²) in [5, 5.41) is 13.7. The second kappa shape index (κ2) is 6.64. The summed E-state index contributed by atoms with van der Waals surface area (Å²) in [4.78, 5) is 26.9. The highest BCUT2D eigenvalue weighted by Gasteiger charge is 2.20. The molecule has 0 unspecified atom stereocenters. The summed E-state index contributed by atoms with van der Waals surface area (Å²) in [5.74, 6) is -0.211. The van der Waals surface area contributed by atoms with Crippen LogP contribution in [-0.2, 0) is 4.79 Å². The van der Waals surface area contributed by atoms with E-state index < -0.39 is 4.92 Å². The molecule has 0 atom stereocenters. The van der Waals surface area contributed by atoms with Crippen LogP contribution in [-0.4, -0.2) is 60.4 Å². The number of hydrogen-bond acceptors (Lipinski definition) is 5. The van der Waals surface area contributed by atoms with E-state index in [4.69, 9.17) is 0 Å². The van der Waals surface area contributed by atoms with Crippen molar-refractivity contribution in [1.82, 2.24) is 9.80 Å². The minimum absolute atomic E-state index is 0.0678. The number of para-hydroxylation sites is 1. The second-order valence-corrected chi connectivity index (χ2v) is 5.35. The average molecular weight is 292 g/mol. The Bertz CT molecular complexity index is 539. The molecule has 0 spiro atoms. The normalized spacial score (nSPS) is 16.7. The molecule has 1 aliphatic heterocycles. The van der Waals surface area contributed by atoms with Gasteiger partial charge in [-0.3, -0.25) is 19.8 Å². The summed E-state index contributed by atoms with van der Waals surface area (Å²) >= 11 is 0. The standard InChI is InChI=1S/C14H20N4O3/c1-11-4-3-5-12(18(20)21)14(11)15-13(19)10-17-8-6-16(2)7-9-17/h3-5H,6-10H2,1-2H3,(H,15,19). The van der Waals surface area contributed by atoms with Gasteiger partial charge in [0, 0.05) is 32.2 Å². The molecule has 1 heterocycles. The number of rotatable bonds is 4. The molecule has 1 aromatic carbocycles. The van der Waals surface area contributed by atoms with Crippen LogP contribution in [0.2, 0.25) is 0 Å². The largest absolute Gasteiger partial charge is 0.319 e. The third kappa shape index (κ3) is 3.99. The molecule has 114 valence electrons. The lowest BCUT2D eigenvalue weighted by Gasteiger charge is -2.31. The van der Waals surface area contributed by atoms with Crippen LogP contribution in [0.25, 0.3) is 0 Å². The predicted octanol–water partition coefficient (Wildman–Crippen LogP) is 1.09. The maximum absolute atomic E-state index is 12.1. The number of likely N-dealkylation sites (N-methyl/N-ethyl adjacent to an activating group) is 1. The number of nitro benzene ring substituents is 1. The molecule has 0 aromatic heterocycles. The lowest BCUT2D eigenvalue weighted by molar-refractivity contribution is -0.384. The molecule has 0 bridgehead atoms. The van der Waals surface area contributed by atoms with Crippen molar-refractivity contribution in [3.63, 3.8) is 0 Å². The first-order valence-electron chi connectivity index (χ1n) is 6.92. The summed E-state index contributed by atoms with van der Waals surface area (Å²) < 4.78 is 0. The van der Waals surface area contributed by atoms with Gasteiger partial charge >= 0.3 is 0 Å². The molecule has 7 nitrogen and oxygen atoms in total. The third-order valence-electron chi connectivity index (χ3n) is 3.68. The molecule has 1 aromatic rings. The van der Waals surface area contributed by atoms with Gasteiger partial charge in [0.05, 0.1) is 11.5 Å². The third-order valence-corrected chi connectivity index (χ3v) is 3.68. The number of piperazine rings is 1. The fourth-order valence-corrected chi connectivity index (χ4v) is 2.36. The van der Waals surface area contributed by atoms with Gasteiger partial charge in [0.1, 0.15) is 5.69 Å². The Hall–Kier alpha value is -1.99. The summed E-state index contributed by atoms with van der Waals surface area (Å²) in [6, 6.07) is 4.76. The molecule has 0 saturated carbocycles. The Morgan fingerprint density at radius 1 is 1.33 bits per heavy atom. The van der Waals surface area contributed by atoms with Crippen LogP contribution in [0, 0.1) is 17.0 Å². The van der Waals surface area contributed by atoms with Crippen LogP contribution < -0.4 is 5.32 Å². The first-order valence-corrected chi connectivity index (χ1v) is 6.92. The van der Waals surface area contributed by atoms with Gasteiger partial charge in [-0.15, -0.1) is 0 Å². The molecule has 1 saturated heterocycles. The molecular formula is C14H20N4O3. The van der Waals surface area contributed by atoms with E-state index in [1.54, 1.807) is 19.1 Å². The van der Waals surface area contributed by atoms with Gasteiger partial charge < -0.3 is 10.2 Å². The van der Waals surface area contributed by atoms with E-state index >= 15 is 0 Å². The number of carbonyl (C=O) groups is 1. The molecule has 21 heavy (non-hydrogen) atoms. The molecule has 7 heteroatoms. The monoisotopic (exact) mass is 292 g/mol. The van der Waals surface area contributed by atoms with Crippen molar-refractivity contribution in [3.05, 3.63) is 33.9 Å². The molecule has 0 aliphatic carbocycles. The Kier molecular flexibility index (Phi) is 4.87. The summed E-state index contributed by atoms with van der Waals surface area (Å²) in [6.45, 7) is 5.53. The fraction of sp³-hybridized carbons (Fsp3) is 0.500. The van der Waals surface area contributed by atoms with E-state index in [0.717, 1.165) is 26.2 Å². The van der Waals surface area contributed by atoms with Crippen molar-refractivity contribution in [2.45, 2.75) is 6.92 Å². The average Bonchev–Trinajstić information content (AvgIpc) is 2.43. The lowest BCUT2D eigenvalue weighted by Crippen LogP contribution is -2.47. The van der Waals surface area contributed by atoms with Crippen LogP contribution in [0.4, 0.5) is 11.4 Å². The first-order chi connectivity index (χ1) is 9.97. The minimum Gasteiger partial charge on any atom is -0.319 e. The van der Waals surface area contributed by atoms with Gasteiger partial charge in [-0.2, -0.15) is 0 Å². The Balaban J connectivity index is 2.01. The highest BCUT2D eigenvalue weighted by molar-refractivity contribution is 5.95. The lowest BCUT2D eigenvalue weighted by atomic mass is 10.1. The van der Waals surface area contributed by atoms with Crippen molar-refractivity contribution >= 4 is 17.3 Å². The van der Waals surface area contributed by atoms with Crippen molar-refractivity contribution < 1.29 is 9.72 Å². The number of benzene rings is 1. The van der Waals surface area contributed by atoms with Gasteiger partial charge in [0.15, 0.2) is 0 Å². The number of nitro groups is 1. The highest BCUT2D eigenvalue weighted by atomic mass is 16.6. The molecular weight excluding hydrogens is 272 g/mol. The van der Waals surface area contributed by atoms with Gasteiger partial charge in [-0.05, 0) is 19.5 Å². The summed E-state index contributed by atoms with van der Waals surface area (Å²) in [6.07, 6.45) is 0. The first kappa shape index (κ1) is 15.4. The number of nitrogens with one attached hydrogen (secondary N) is 1. The van der Waals surface area contributed by atoms with Crippen LogP contribution in [0.1, 0.15) is 5.56 Å². The Labute approximate surface area is 123 Å². The van der Waals surface area contributed by atoms with Crippen molar-refractivity contribution in [2.24, 2.45) is 0 Å². The van der Waals surface area contributed by atoms with Gasteiger partial charge in [-0.25, -0.2) is 0 Å². The molecule has 2 rings (SSSR count). The number of aryl methyl sites for hydroxylation is 1. The van der Waals surface area contributed by atoms with E-state index in [0.29, 0.717) is 11.3 Å². The molecule has 1 amide bonds. The number of carbonyl (C=O) groups excluding carboxylic acids is 1. The van der Waals surface area contributed by atoms with Gasteiger partial charge in [0.2, 0.25) is 5.91 Å². The molecule has 1 aliphatic rings. The Morgan fingerprint density at radius 2 is 2.00 bits per heavy atom. The van der Waals surface area contributed by atoms with E-state index in [9.17, 15) is 14.9 Å². The zero-order chi connectivity index (χ0) is 15.4. The molecule has 1 N–H and O–H groups in total. The highest BCUT2D eigenvalue weighted by Crippen LogP contribution is 2.27. The van der Waals surface area contributed by atoms with Crippen LogP contribution in [0.5, 0.6) is 0 Å². The van der Waals surface area contributed by atoms with Crippen LogP contribution in [0.3, 0.4) is 0 Å². The second-order valence-electron chi connectivity index (χ2n) is 5.35. The maximum atomic E-state index is 12.1. The summed E-state index contributed by atoms with van der Waals surface area (Å²) in [5.41, 5.74) is 0.916. The zero-order valence-corrected chi connectivity index (χ0v) is 12.3. The van der Waals surface area contributed by atoms with Gasteiger partial charge in [-0.1, -0.05) is 12.1 Å². The Morgan fingerprint density at radius 3 is 2.62 bits per heavy atom. The van der Waals surface area contributed by atoms with E-state index in [-0.39, 0.29) is 18.1 Å². The zero-order valence-electron chi connectivity index (χ0n) is 12.3. The quantitative estimate of drug-likeness (QED) is 0.664. The molecule has 1 fully saturated rings. The van der Waals surface area contributed by atoms with E-state index in [2.05, 4.69) is 15.1 Å². The molecule has 0 radical (unpaired) electrons. The minimum atomic E-state index is -0.474. The maximum Gasteiger partial charge on any atom is 0.293 e. The summed E-state index contributed by atoms with van der Waals surface area (Å²) in [7, 11) is 2.05. The van der Waals surface area contributed by atoms with E-state index in [1.807, 2.05) is 7.05 Å². The SMILES string of the molecule is Cc1cccc([N+](=O)[O-])c1NC(=O)CN1CCN(C)CC1. The number of anilines is 1. The van der Waals surface area contributed by atoms with Crippen molar-refractivity contribution in [1.29, 1.82) is 0 Å². The topological polar surface area (TPSA) is 78.7 Å². The van der Waals surface area contributed by atoms with E-state index in [1.165, 1.54) is 6.07 Å². The number of nitrogens with zero attached hydrogens (tertiary/aromatic N) is 3.